The van der Waals surface area contributed by atoms with Gasteiger partial charge in [-0.3, -0.25) is 0 Å². The van der Waals surface area contributed by atoms with E-state index in [9.17, 15) is 5.11 Å². The smallest absolute Gasteiger partial charge is 0.126 e. The lowest BCUT2D eigenvalue weighted by Gasteiger charge is -2.24. The van der Waals surface area contributed by atoms with Crippen LogP contribution in [0, 0.1) is 17.8 Å². The minimum Gasteiger partial charge on any atom is -0.390 e. The van der Waals surface area contributed by atoms with Crippen molar-refractivity contribution < 1.29 is 9.84 Å². The Morgan fingerprint density at radius 3 is 2.65 bits per heavy atom. The Bertz CT molecular complexity index is 364. The van der Waals surface area contributed by atoms with E-state index < -0.39 is 0 Å². The van der Waals surface area contributed by atoms with Gasteiger partial charge in [0.15, 0.2) is 0 Å². The molecule has 0 unspecified atom stereocenters. The topological polar surface area (TPSA) is 32.8 Å². The molecule has 3 aliphatic rings. The van der Waals surface area contributed by atoms with E-state index in [1.807, 2.05) is 0 Å². The van der Waals surface area contributed by atoms with Crippen molar-refractivity contribution in [3.05, 3.63) is 12.2 Å². The molecule has 17 heavy (non-hydrogen) atoms. The molecule has 3 fully saturated rings. The molecule has 0 bridgehead atoms. The van der Waals surface area contributed by atoms with Gasteiger partial charge >= 0.3 is 0 Å². The first-order valence-electron chi connectivity index (χ1n) is 6.97. The van der Waals surface area contributed by atoms with Gasteiger partial charge in [-0.2, -0.15) is 0 Å². The van der Waals surface area contributed by atoms with Crippen LogP contribution >= 0.6 is 0 Å². The van der Waals surface area contributed by atoms with Crippen LogP contribution < -0.4 is 0 Å². The van der Waals surface area contributed by atoms with E-state index in [1.54, 1.807) is 0 Å². The molecule has 96 valence electrons. The van der Waals surface area contributed by atoms with Gasteiger partial charge in [-0.1, -0.05) is 26.0 Å². The zero-order chi connectivity index (χ0) is 12.4. The maximum Gasteiger partial charge on any atom is 0.126 e. The highest BCUT2D eigenvalue weighted by atomic mass is 16.6. The van der Waals surface area contributed by atoms with Crippen LogP contribution in [-0.4, -0.2) is 22.4 Å². The Balaban J connectivity index is 1.96. The number of aliphatic hydroxyl groups excluding tert-OH is 1. The van der Waals surface area contributed by atoms with E-state index >= 15 is 0 Å². The summed E-state index contributed by atoms with van der Waals surface area (Å²) in [7, 11) is 0. The van der Waals surface area contributed by atoms with Gasteiger partial charge in [0.05, 0.1) is 6.10 Å². The molecule has 2 aliphatic carbocycles. The number of allylic oxidation sites excluding steroid dienone is 1. The van der Waals surface area contributed by atoms with Gasteiger partial charge in [0, 0.05) is 0 Å². The highest BCUT2D eigenvalue weighted by Gasteiger charge is 2.81. The van der Waals surface area contributed by atoms with Crippen LogP contribution in [-0.2, 0) is 4.74 Å². The molecule has 0 aromatic carbocycles. The van der Waals surface area contributed by atoms with Crippen LogP contribution in [0.25, 0.3) is 0 Å². The average Bonchev–Trinajstić information content (AvgIpc) is 2.89. The molecular weight excluding hydrogens is 212 g/mol. The Hall–Kier alpha value is -0.340. The van der Waals surface area contributed by atoms with Gasteiger partial charge in [-0.05, 0) is 50.4 Å². The Morgan fingerprint density at radius 1 is 1.29 bits per heavy atom. The molecule has 2 nitrogen and oxygen atoms in total. The van der Waals surface area contributed by atoms with E-state index in [2.05, 4.69) is 27.4 Å². The molecule has 0 spiro atoms. The zero-order valence-corrected chi connectivity index (χ0v) is 11.2. The monoisotopic (exact) mass is 236 g/mol. The van der Waals surface area contributed by atoms with Gasteiger partial charge in [-0.15, -0.1) is 0 Å². The number of epoxide rings is 1. The predicted molar refractivity (Wildman–Crippen MR) is 67.7 cm³/mol. The molecule has 2 heteroatoms. The molecular formula is C15H24O2. The largest absolute Gasteiger partial charge is 0.390 e. The van der Waals surface area contributed by atoms with Crippen molar-refractivity contribution in [3.63, 3.8) is 0 Å². The Kier molecular flexibility index (Phi) is 2.32. The van der Waals surface area contributed by atoms with E-state index in [-0.39, 0.29) is 17.3 Å². The van der Waals surface area contributed by atoms with Gasteiger partial charge in [-0.25, -0.2) is 0 Å². The summed E-state index contributed by atoms with van der Waals surface area (Å²) < 4.78 is 6.20. The highest BCUT2D eigenvalue weighted by molar-refractivity contribution is 5.30. The molecule has 0 aromatic heterocycles. The molecule has 0 aromatic rings. The molecule has 0 amide bonds. The first kappa shape index (κ1) is 11.7. The summed E-state index contributed by atoms with van der Waals surface area (Å²) in [6.45, 7) is 10.8. The Morgan fingerprint density at radius 2 is 2.00 bits per heavy atom. The lowest BCUT2D eigenvalue weighted by Crippen LogP contribution is -2.36. The fourth-order valence-electron chi connectivity index (χ4n) is 4.61. The maximum atomic E-state index is 10.4. The van der Waals surface area contributed by atoms with Gasteiger partial charge < -0.3 is 9.84 Å². The summed E-state index contributed by atoms with van der Waals surface area (Å²) in [6.07, 6.45) is 4.10. The molecule has 1 heterocycles. The second kappa shape index (κ2) is 3.36. The SMILES string of the molecule is C=C(C)[C@@H]1CC[C@H](C)[C@@]23O[C@]2(C1)[C@@H](C)C[C@H]3O. The third-order valence-electron chi connectivity index (χ3n) is 5.77. The van der Waals surface area contributed by atoms with Crippen LogP contribution in [0.5, 0.6) is 0 Å². The summed E-state index contributed by atoms with van der Waals surface area (Å²) in [5.41, 5.74) is 1.04. The normalized spacial score (nSPS) is 56.9. The van der Waals surface area contributed by atoms with Crippen molar-refractivity contribution in [3.8, 4) is 0 Å². The van der Waals surface area contributed by atoms with Crippen LogP contribution in [0.3, 0.4) is 0 Å². The number of hydrogen-bond acceptors (Lipinski definition) is 2. The molecule has 0 radical (unpaired) electrons. The van der Waals surface area contributed by atoms with E-state index in [0.717, 1.165) is 19.3 Å². The quantitative estimate of drug-likeness (QED) is 0.561. The third-order valence-corrected chi connectivity index (χ3v) is 5.77. The van der Waals surface area contributed by atoms with Crippen molar-refractivity contribution in [2.75, 3.05) is 0 Å². The van der Waals surface area contributed by atoms with Gasteiger partial charge in [0.1, 0.15) is 11.2 Å². The van der Waals surface area contributed by atoms with Gasteiger partial charge in [0.25, 0.3) is 0 Å². The van der Waals surface area contributed by atoms with E-state index in [1.165, 1.54) is 12.0 Å². The zero-order valence-electron chi connectivity index (χ0n) is 11.2. The number of aliphatic hydroxyl groups is 1. The summed E-state index contributed by atoms with van der Waals surface area (Å²) in [6, 6.07) is 0. The summed E-state index contributed by atoms with van der Waals surface area (Å²) in [5, 5.41) is 10.4. The molecule has 3 rings (SSSR count). The third kappa shape index (κ3) is 1.23. The summed E-state index contributed by atoms with van der Waals surface area (Å²) in [4.78, 5) is 0. The van der Waals surface area contributed by atoms with E-state index in [0.29, 0.717) is 17.8 Å². The summed E-state index contributed by atoms with van der Waals surface area (Å²) >= 11 is 0. The Labute approximate surface area is 104 Å². The van der Waals surface area contributed by atoms with Crippen molar-refractivity contribution in [2.24, 2.45) is 17.8 Å². The van der Waals surface area contributed by atoms with Crippen LogP contribution in [0.15, 0.2) is 12.2 Å². The van der Waals surface area contributed by atoms with Crippen LogP contribution in [0.2, 0.25) is 0 Å². The first-order chi connectivity index (χ1) is 7.94. The minimum absolute atomic E-state index is 0.0358. The van der Waals surface area contributed by atoms with Crippen molar-refractivity contribution in [1.82, 2.24) is 0 Å². The molecule has 6 atom stereocenters. The molecule has 2 saturated carbocycles. The minimum atomic E-state index is -0.253. The molecule has 1 N–H and O–H groups in total. The van der Waals surface area contributed by atoms with Crippen LogP contribution in [0.4, 0.5) is 0 Å². The first-order valence-corrected chi connectivity index (χ1v) is 6.97. The van der Waals surface area contributed by atoms with Crippen molar-refractivity contribution >= 4 is 0 Å². The lowest BCUT2D eigenvalue weighted by molar-refractivity contribution is 0.0156. The predicted octanol–water partition coefficient (Wildman–Crippen LogP) is 2.91. The van der Waals surface area contributed by atoms with Crippen LogP contribution in [0.1, 0.15) is 46.5 Å². The van der Waals surface area contributed by atoms with Crippen molar-refractivity contribution in [1.29, 1.82) is 0 Å². The van der Waals surface area contributed by atoms with Gasteiger partial charge in [0.2, 0.25) is 0 Å². The fourth-order valence-corrected chi connectivity index (χ4v) is 4.61. The highest BCUT2D eigenvalue weighted by Crippen LogP contribution is 2.70. The summed E-state index contributed by atoms with van der Waals surface area (Å²) in [5.74, 6) is 1.54. The average molecular weight is 236 g/mol. The van der Waals surface area contributed by atoms with E-state index in [4.69, 9.17) is 4.74 Å². The maximum absolute atomic E-state index is 10.4. The molecule has 1 saturated heterocycles. The second-order valence-corrected chi connectivity index (χ2v) is 6.66. The fraction of sp³-hybridized carbons (Fsp3) is 0.867. The molecule has 1 aliphatic heterocycles. The number of rotatable bonds is 1. The standard InChI is InChI=1S/C15H24O2/c1-9(2)12-6-5-10(3)15-13(16)7-11(4)14(15,8-12)17-15/h10-13,16H,1,5-8H2,2-4H3/t10-,11-,12+,13+,14+,15-/m0/s1. The second-order valence-electron chi connectivity index (χ2n) is 6.66. The number of ether oxygens (including phenoxy) is 1. The number of hydrogen-bond donors (Lipinski definition) is 1. The van der Waals surface area contributed by atoms with Crippen molar-refractivity contribution in [2.45, 2.75) is 63.8 Å². The lowest BCUT2D eigenvalue weighted by atomic mass is 9.79.